The molecule has 1 atom stereocenters. The highest BCUT2D eigenvalue weighted by atomic mass is 35.5. The SMILES string of the molecule is CCN(CC)C1(C(NC)c2cccc(Cl)c2Cl)CCCC1. The molecule has 1 unspecified atom stereocenters. The van der Waals surface area contributed by atoms with Gasteiger partial charge in [-0.15, -0.1) is 0 Å². The van der Waals surface area contributed by atoms with E-state index in [-0.39, 0.29) is 11.6 Å². The molecule has 0 bridgehead atoms. The molecule has 118 valence electrons. The van der Waals surface area contributed by atoms with E-state index in [1.54, 1.807) is 0 Å². The first-order valence-electron chi connectivity index (χ1n) is 7.97. The summed E-state index contributed by atoms with van der Waals surface area (Å²) in [6.45, 7) is 6.62. The molecule has 0 heterocycles. The Kier molecular flexibility index (Phi) is 5.96. The molecule has 0 aliphatic heterocycles. The zero-order valence-electron chi connectivity index (χ0n) is 13.3. The number of rotatable bonds is 6. The number of hydrogen-bond donors (Lipinski definition) is 1. The molecule has 0 aromatic heterocycles. The molecule has 0 radical (unpaired) electrons. The second-order valence-electron chi connectivity index (χ2n) is 5.85. The van der Waals surface area contributed by atoms with Gasteiger partial charge in [-0.05, 0) is 44.6 Å². The van der Waals surface area contributed by atoms with E-state index in [4.69, 9.17) is 23.2 Å². The van der Waals surface area contributed by atoms with E-state index in [0.29, 0.717) is 10.0 Å². The zero-order valence-corrected chi connectivity index (χ0v) is 14.8. The van der Waals surface area contributed by atoms with E-state index < -0.39 is 0 Å². The predicted molar refractivity (Wildman–Crippen MR) is 92.4 cm³/mol. The third-order valence-corrected chi connectivity index (χ3v) is 5.81. The molecule has 2 nitrogen and oxygen atoms in total. The first kappa shape index (κ1) is 17.1. The van der Waals surface area contributed by atoms with Gasteiger partial charge in [0.05, 0.1) is 16.1 Å². The van der Waals surface area contributed by atoms with Crippen molar-refractivity contribution in [3.63, 3.8) is 0 Å². The first-order chi connectivity index (χ1) is 10.1. The van der Waals surface area contributed by atoms with Gasteiger partial charge in [-0.2, -0.15) is 0 Å². The Hall–Kier alpha value is -0.280. The fourth-order valence-corrected chi connectivity index (χ4v) is 4.50. The lowest BCUT2D eigenvalue weighted by atomic mass is 9.81. The lowest BCUT2D eigenvalue weighted by Crippen LogP contribution is -2.54. The Morgan fingerprint density at radius 2 is 1.81 bits per heavy atom. The molecule has 1 N–H and O–H groups in total. The standard InChI is InChI=1S/C17H26Cl2N2/c1-4-21(5-2)17(11-6-7-12-17)16(20-3)13-9-8-10-14(18)15(13)19/h8-10,16,20H,4-7,11-12H2,1-3H3. The zero-order chi connectivity index (χ0) is 15.5. The molecule has 1 saturated carbocycles. The maximum absolute atomic E-state index is 6.51. The quantitative estimate of drug-likeness (QED) is 0.798. The van der Waals surface area contributed by atoms with E-state index in [1.807, 2.05) is 19.2 Å². The third kappa shape index (κ3) is 3.10. The molecule has 1 aliphatic carbocycles. The Morgan fingerprint density at radius 3 is 2.33 bits per heavy atom. The monoisotopic (exact) mass is 328 g/mol. The summed E-state index contributed by atoms with van der Waals surface area (Å²) in [5, 5.41) is 4.87. The summed E-state index contributed by atoms with van der Waals surface area (Å²) in [7, 11) is 2.03. The van der Waals surface area contributed by atoms with Gasteiger partial charge in [0.2, 0.25) is 0 Å². The smallest absolute Gasteiger partial charge is 0.0640 e. The van der Waals surface area contributed by atoms with Gasteiger partial charge in [0.1, 0.15) is 0 Å². The van der Waals surface area contributed by atoms with Crippen molar-refractivity contribution in [2.45, 2.75) is 51.1 Å². The average Bonchev–Trinajstić information content (AvgIpc) is 2.96. The molecule has 21 heavy (non-hydrogen) atoms. The molecule has 1 fully saturated rings. The Labute approximate surface area is 138 Å². The van der Waals surface area contributed by atoms with Crippen LogP contribution in [0.4, 0.5) is 0 Å². The van der Waals surface area contributed by atoms with Crippen LogP contribution in [0.2, 0.25) is 10.0 Å². The topological polar surface area (TPSA) is 15.3 Å². The molecule has 0 amide bonds. The van der Waals surface area contributed by atoms with E-state index in [0.717, 1.165) is 18.7 Å². The number of halogens is 2. The molecular formula is C17H26Cl2N2. The number of likely N-dealkylation sites (N-methyl/N-ethyl adjacent to an activating group) is 2. The summed E-state index contributed by atoms with van der Waals surface area (Å²) in [5.74, 6) is 0. The van der Waals surface area contributed by atoms with Crippen molar-refractivity contribution < 1.29 is 0 Å². The van der Waals surface area contributed by atoms with Crippen LogP contribution in [-0.4, -0.2) is 30.6 Å². The molecule has 4 heteroatoms. The van der Waals surface area contributed by atoms with Crippen LogP contribution in [-0.2, 0) is 0 Å². The Balaban J connectivity index is 2.48. The van der Waals surface area contributed by atoms with Crippen molar-refractivity contribution in [2.75, 3.05) is 20.1 Å². The second-order valence-corrected chi connectivity index (χ2v) is 6.63. The summed E-state index contributed by atoms with van der Waals surface area (Å²) in [4.78, 5) is 2.60. The maximum atomic E-state index is 6.51. The van der Waals surface area contributed by atoms with Crippen LogP contribution in [0.25, 0.3) is 0 Å². The number of nitrogens with one attached hydrogen (secondary N) is 1. The largest absolute Gasteiger partial charge is 0.311 e. The van der Waals surface area contributed by atoms with Crippen molar-refractivity contribution in [1.29, 1.82) is 0 Å². The van der Waals surface area contributed by atoms with Crippen LogP contribution in [0.5, 0.6) is 0 Å². The van der Waals surface area contributed by atoms with Crippen LogP contribution in [0.3, 0.4) is 0 Å². The van der Waals surface area contributed by atoms with Crippen LogP contribution in [0.1, 0.15) is 51.1 Å². The minimum atomic E-state index is 0.145. The van der Waals surface area contributed by atoms with Gasteiger partial charge in [-0.3, -0.25) is 4.90 Å². The molecule has 0 spiro atoms. The predicted octanol–water partition coefficient (Wildman–Crippen LogP) is 4.91. The fourth-order valence-electron chi connectivity index (χ4n) is 4.09. The van der Waals surface area contributed by atoms with Crippen molar-refractivity contribution in [1.82, 2.24) is 10.2 Å². The summed E-state index contributed by atoms with van der Waals surface area (Å²) < 4.78 is 0. The van der Waals surface area contributed by atoms with Crippen LogP contribution in [0, 0.1) is 0 Å². The van der Waals surface area contributed by atoms with E-state index in [9.17, 15) is 0 Å². The van der Waals surface area contributed by atoms with Crippen molar-refractivity contribution in [2.24, 2.45) is 0 Å². The fraction of sp³-hybridized carbons (Fsp3) is 0.647. The van der Waals surface area contributed by atoms with Crippen LogP contribution >= 0.6 is 23.2 Å². The number of hydrogen-bond acceptors (Lipinski definition) is 2. The molecule has 2 rings (SSSR count). The Bertz CT molecular complexity index is 466. The van der Waals surface area contributed by atoms with Crippen molar-refractivity contribution in [3.8, 4) is 0 Å². The van der Waals surface area contributed by atoms with Crippen molar-refractivity contribution >= 4 is 23.2 Å². The highest BCUT2D eigenvalue weighted by Crippen LogP contribution is 2.46. The van der Waals surface area contributed by atoms with Gasteiger partial charge in [0.15, 0.2) is 0 Å². The average molecular weight is 329 g/mol. The summed E-state index contributed by atoms with van der Waals surface area (Å²) in [6.07, 6.45) is 4.99. The molecule has 1 aliphatic rings. The van der Waals surface area contributed by atoms with Gasteiger partial charge >= 0.3 is 0 Å². The van der Waals surface area contributed by atoms with E-state index in [1.165, 1.54) is 25.7 Å². The summed E-state index contributed by atoms with van der Waals surface area (Å²) in [5.41, 5.74) is 1.27. The number of benzene rings is 1. The minimum absolute atomic E-state index is 0.145. The Morgan fingerprint density at radius 1 is 1.19 bits per heavy atom. The van der Waals surface area contributed by atoms with Gasteiger partial charge in [-0.25, -0.2) is 0 Å². The molecular weight excluding hydrogens is 303 g/mol. The van der Waals surface area contributed by atoms with E-state index in [2.05, 4.69) is 30.1 Å². The van der Waals surface area contributed by atoms with Gasteiger partial charge in [-0.1, -0.05) is 62.0 Å². The number of nitrogens with zero attached hydrogens (tertiary/aromatic N) is 1. The molecule has 0 saturated heterocycles. The van der Waals surface area contributed by atoms with Gasteiger partial charge in [0, 0.05) is 5.54 Å². The van der Waals surface area contributed by atoms with Gasteiger partial charge < -0.3 is 5.32 Å². The highest BCUT2D eigenvalue weighted by molar-refractivity contribution is 6.42. The van der Waals surface area contributed by atoms with Crippen molar-refractivity contribution in [3.05, 3.63) is 33.8 Å². The van der Waals surface area contributed by atoms with Crippen LogP contribution in [0.15, 0.2) is 18.2 Å². The second kappa shape index (κ2) is 7.32. The lowest BCUT2D eigenvalue weighted by molar-refractivity contribution is 0.0656. The highest BCUT2D eigenvalue weighted by Gasteiger charge is 2.45. The normalized spacial score (nSPS) is 19.1. The van der Waals surface area contributed by atoms with Gasteiger partial charge in [0.25, 0.3) is 0 Å². The summed E-state index contributed by atoms with van der Waals surface area (Å²) >= 11 is 12.7. The molecule has 1 aromatic rings. The van der Waals surface area contributed by atoms with Crippen LogP contribution < -0.4 is 5.32 Å². The maximum Gasteiger partial charge on any atom is 0.0640 e. The third-order valence-electron chi connectivity index (χ3n) is 4.98. The van der Waals surface area contributed by atoms with E-state index >= 15 is 0 Å². The summed E-state index contributed by atoms with van der Waals surface area (Å²) in [6, 6.07) is 6.18. The minimum Gasteiger partial charge on any atom is -0.311 e. The first-order valence-corrected chi connectivity index (χ1v) is 8.72. The lowest BCUT2D eigenvalue weighted by Gasteiger charge is -2.46. The molecule has 1 aromatic carbocycles.